The number of hydrogen-bond acceptors (Lipinski definition) is 6. The molecule has 1 aliphatic rings. The van der Waals surface area contributed by atoms with Crippen LogP contribution in [0.1, 0.15) is 11.1 Å². The molecule has 3 rings (SSSR count). The summed E-state index contributed by atoms with van der Waals surface area (Å²) in [4.78, 5) is 38.4. The maximum absolute atomic E-state index is 12.6. The van der Waals surface area contributed by atoms with Gasteiger partial charge >= 0.3 is 0 Å². The standard InChI is InChI=1S/C21H20N2O5S/c1-13-6-4-5-7-15(13)22-19(24)12-23-20(25)18(29-21(23)26)11-14-8-9-16(27-2)17(10-14)28-3/h4-11H,12H2,1-3H3,(H,22,24). The first-order chi connectivity index (χ1) is 13.9. The third-order valence-corrected chi connectivity index (χ3v) is 5.21. The highest BCUT2D eigenvalue weighted by Gasteiger charge is 2.36. The minimum Gasteiger partial charge on any atom is -0.493 e. The number of benzene rings is 2. The number of nitrogens with one attached hydrogen (secondary N) is 1. The summed E-state index contributed by atoms with van der Waals surface area (Å²) >= 11 is 0.798. The van der Waals surface area contributed by atoms with Crippen molar-refractivity contribution >= 4 is 40.6 Å². The smallest absolute Gasteiger partial charge is 0.294 e. The number of methoxy groups -OCH3 is 2. The summed E-state index contributed by atoms with van der Waals surface area (Å²) in [5.41, 5.74) is 2.21. The second-order valence-electron chi connectivity index (χ2n) is 6.25. The normalized spacial score (nSPS) is 15.0. The Kier molecular flexibility index (Phi) is 6.23. The lowest BCUT2D eigenvalue weighted by Crippen LogP contribution is -2.36. The minimum absolute atomic E-state index is 0.242. The number of ether oxygens (including phenoxy) is 2. The van der Waals surface area contributed by atoms with Gasteiger partial charge in [0.2, 0.25) is 5.91 Å². The zero-order valence-corrected chi connectivity index (χ0v) is 17.0. The van der Waals surface area contributed by atoms with E-state index in [-0.39, 0.29) is 11.4 Å². The molecule has 2 aromatic rings. The maximum Gasteiger partial charge on any atom is 0.294 e. The van der Waals surface area contributed by atoms with Crippen molar-refractivity contribution in [1.82, 2.24) is 4.90 Å². The molecule has 1 aliphatic heterocycles. The first kappa shape index (κ1) is 20.5. The van der Waals surface area contributed by atoms with Crippen LogP contribution in [0.3, 0.4) is 0 Å². The lowest BCUT2D eigenvalue weighted by Gasteiger charge is -2.13. The van der Waals surface area contributed by atoms with Crippen molar-refractivity contribution in [3.05, 3.63) is 58.5 Å². The molecule has 150 valence electrons. The number of amides is 3. The van der Waals surface area contributed by atoms with Gasteiger partial charge < -0.3 is 14.8 Å². The number of nitrogens with zero attached hydrogens (tertiary/aromatic N) is 1. The molecule has 0 aliphatic carbocycles. The highest BCUT2D eigenvalue weighted by Crippen LogP contribution is 2.34. The Morgan fingerprint density at radius 3 is 2.52 bits per heavy atom. The highest BCUT2D eigenvalue weighted by molar-refractivity contribution is 8.18. The predicted molar refractivity (Wildman–Crippen MR) is 112 cm³/mol. The van der Waals surface area contributed by atoms with Crippen LogP contribution >= 0.6 is 11.8 Å². The third kappa shape index (κ3) is 4.60. The molecule has 0 radical (unpaired) electrons. The number of anilines is 1. The number of hydrogen-bond donors (Lipinski definition) is 1. The van der Waals surface area contributed by atoms with E-state index in [0.717, 1.165) is 22.2 Å². The fraction of sp³-hybridized carbons (Fsp3) is 0.190. The molecule has 8 heteroatoms. The van der Waals surface area contributed by atoms with Crippen molar-refractivity contribution in [2.24, 2.45) is 0 Å². The number of thioether (sulfide) groups is 1. The van der Waals surface area contributed by atoms with Crippen molar-refractivity contribution in [3.63, 3.8) is 0 Å². The van der Waals surface area contributed by atoms with E-state index in [2.05, 4.69) is 5.32 Å². The fourth-order valence-electron chi connectivity index (χ4n) is 2.78. The average molecular weight is 412 g/mol. The van der Waals surface area contributed by atoms with Crippen molar-refractivity contribution in [2.75, 3.05) is 26.1 Å². The Morgan fingerprint density at radius 2 is 1.83 bits per heavy atom. The molecule has 1 fully saturated rings. The van der Waals surface area contributed by atoms with Gasteiger partial charge in [0, 0.05) is 5.69 Å². The van der Waals surface area contributed by atoms with Crippen LogP contribution in [0.2, 0.25) is 0 Å². The summed E-state index contributed by atoms with van der Waals surface area (Å²) in [5, 5.41) is 2.24. The monoisotopic (exact) mass is 412 g/mol. The van der Waals surface area contributed by atoms with Gasteiger partial charge in [-0.1, -0.05) is 24.3 Å². The SMILES string of the molecule is COc1ccc(C=C2SC(=O)N(CC(=O)Nc3ccccc3C)C2=O)cc1OC. The Bertz CT molecular complexity index is 1000. The van der Waals surface area contributed by atoms with E-state index in [0.29, 0.717) is 22.7 Å². The number of aryl methyl sites for hydroxylation is 1. The van der Waals surface area contributed by atoms with Gasteiger partial charge in [0.05, 0.1) is 19.1 Å². The van der Waals surface area contributed by atoms with Gasteiger partial charge in [-0.2, -0.15) is 0 Å². The van der Waals surface area contributed by atoms with E-state index in [1.165, 1.54) is 14.2 Å². The van der Waals surface area contributed by atoms with E-state index >= 15 is 0 Å². The molecule has 0 saturated carbocycles. The molecular weight excluding hydrogens is 392 g/mol. The van der Waals surface area contributed by atoms with Crippen LogP contribution < -0.4 is 14.8 Å². The molecule has 1 saturated heterocycles. The number of carbonyl (C=O) groups is 3. The van der Waals surface area contributed by atoms with Crippen molar-refractivity contribution in [3.8, 4) is 11.5 Å². The molecule has 7 nitrogen and oxygen atoms in total. The van der Waals surface area contributed by atoms with Crippen LogP contribution in [0.15, 0.2) is 47.4 Å². The molecule has 0 spiro atoms. The summed E-state index contributed by atoms with van der Waals surface area (Å²) < 4.78 is 10.4. The van der Waals surface area contributed by atoms with Gasteiger partial charge in [-0.15, -0.1) is 0 Å². The summed E-state index contributed by atoms with van der Waals surface area (Å²) in [7, 11) is 3.05. The molecular formula is C21H20N2O5S. The van der Waals surface area contributed by atoms with Crippen LogP contribution in [0.4, 0.5) is 10.5 Å². The van der Waals surface area contributed by atoms with Gasteiger partial charge in [0.15, 0.2) is 11.5 Å². The lowest BCUT2D eigenvalue weighted by molar-refractivity contribution is -0.127. The van der Waals surface area contributed by atoms with E-state index < -0.39 is 17.1 Å². The van der Waals surface area contributed by atoms with Crippen LogP contribution in [-0.2, 0) is 9.59 Å². The molecule has 0 unspecified atom stereocenters. The van der Waals surface area contributed by atoms with Gasteiger partial charge in [0.25, 0.3) is 11.1 Å². The summed E-state index contributed by atoms with van der Waals surface area (Å²) in [6, 6.07) is 12.5. The van der Waals surface area contributed by atoms with Gasteiger partial charge in [-0.3, -0.25) is 19.3 Å². The maximum atomic E-state index is 12.6. The van der Waals surface area contributed by atoms with E-state index in [1.54, 1.807) is 36.4 Å². The summed E-state index contributed by atoms with van der Waals surface area (Å²) in [6.45, 7) is 1.52. The zero-order valence-electron chi connectivity index (χ0n) is 16.2. The molecule has 1 heterocycles. The van der Waals surface area contributed by atoms with Crippen molar-refractivity contribution in [1.29, 1.82) is 0 Å². The quantitative estimate of drug-likeness (QED) is 0.729. The minimum atomic E-state index is -0.505. The molecule has 0 bridgehead atoms. The van der Waals surface area contributed by atoms with Crippen LogP contribution in [0.25, 0.3) is 6.08 Å². The van der Waals surface area contributed by atoms with Gasteiger partial charge in [-0.25, -0.2) is 0 Å². The van der Waals surface area contributed by atoms with Crippen molar-refractivity contribution < 1.29 is 23.9 Å². The summed E-state index contributed by atoms with van der Waals surface area (Å²) in [6.07, 6.45) is 1.59. The Morgan fingerprint density at radius 1 is 1.10 bits per heavy atom. The molecule has 0 aromatic heterocycles. The van der Waals surface area contributed by atoms with E-state index in [1.807, 2.05) is 19.1 Å². The largest absolute Gasteiger partial charge is 0.493 e. The average Bonchev–Trinajstić information content (AvgIpc) is 2.97. The number of para-hydroxylation sites is 1. The zero-order chi connectivity index (χ0) is 21.0. The number of rotatable bonds is 6. The highest BCUT2D eigenvalue weighted by atomic mass is 32.2. The Balaban J connectivity index is 1.73. The fourth-order valence-corrected chi connectivity index (χ4v) is 3.62. The molecule has 29 heavy (non-hydrogen) atoms. The molecule has 3 amide bonds. The number of carbonyl (C=O) groups excluding carboxylic acids is 3. The van der Waals surface area contributed by atoms with E-state index in [9.17, 15) is 14.4 Å². The molecule has 1 N–H and O–H groups in total. The molecule has 2 aromatic carbocycles. The Hall–Kier alpha value is -3.26. The van der Waals surface area contributed by atoms with Gasteiger partial charge in [-0.05, 0) is 54.1 Å². The second-order valence-corrected chi connectivity index (χ2v) is 7.24. The lowest BCUT2D eigenvalue weighted by atomic mass is 10.2. The first-order valence-corrected chi connectivity index (χ1v) is 9.57. The predicted octanol–water partition coefficient (Wildman–Crippen LogP) is 3.69. The van der Waals surface area contributed by atoms with E-state index in [4.69, 9.17) is 9.47 Å². The third-order valence-electron chi connectivity index (χ3n) is 4.30. The van der Waals surface area contributed by atoms with Crippen LogP contribution in [0, 0.1) is 6.92 Å². The van der Waals surface area contributed by atoms with Crippen LogP contribution in [-0.4, -0.2) is 42.7 Å². The van der Waals surface area contributed by atoms with Crippen molar-refractivity contribution in [2.45, 2.75) is 6.92 Å². The first-order valence-electron chi connectivity index (χ1n) is 8.76. The van der Waals surface area contributed by atoms with Crippen LogP contribution in [0.5, 0.6) is 11.5 Å². The molecule has 0 atom stereocenters. The summed E-state index contributed by atoms with van der Waals surface area (Å²) in [5.74, 6) is 0.132. The second kappa shape index (κ2) is 8.83. The topological polar surface area (TPSA) is 84.9 Å². The number of imide groups is 1. The Labute approximate surface area is 172 Å². The van der Waals surface area contributed by atoms with Gasteiger partial charge in [0.1, 0.15) is 6.54 Å².